The Hall–Kier alpha value is -2.86. The highest BCUT2D eigenvalue weighted by atomic mass is 31.2. The van der Waals surface area contributed by atoms with Gasteiger partial charge in [-0.05, 0) is 83.5 Å². The maximum atomic E-state index is 12.6. The Bertz CT molecular complexity index is 1260. The zero-order valence-electron chi connectivity index (χ0n) is 34.9. The molecule has 0 bridgehead atoms. The Morgan fingerprint density at radius 3 is 1.70 bits per heavy atom. The number of allylic oxidation sites excluding steroid dienone is 8. The van der Waals surface area contributed by atoms with E-state index in [9.17, 15) is 23.8 Å². The van der Waals surface area contributed by atoms with Gasteiger partial charge >= 0.3 is 25.7 Å². The second-order valence-electron chi connectivity index (χ2n) is 14.5. The Kier molecular flexibility index (Phi) is 32.1. The lowest BCUT2D eigenvalue weighted by Gasteiger charge is -2.20. The number of phosphoric acid groups is 1. The monoisotopic (exact) mass is 823 g/mol. The molecule has 0 aromatic carbocycles. The van der Waals surface area contributed by atoms with Crippen LogP contribution in [0.4, 0.5) is 0 Å². The van der Waals surface area contributed by atoms with Gasteiger partial charge in [-0.1, -0.05) is 120 Å². The van der Waals surface area contributed by atoms with E-state index in [1.54, 1.807) is 0 Å². The summed E-state index contributed by atoms with van der Waals surface area (Å²) in [7, 11) is -4.74. The van der Waals surface area contributed by atoms with Crippen LogP contribution in [0.2, 0.25) is 0 Å². The normalized spacial score (nSPS) is 17.9. The highest BCUT2D eigenvalue weighted by Gasteiger charge is 2.36. The van der Waals surface area contributed by atoms with Crippen LogP contribution in [0.15, 0.2) is 60.8 Å². The number of hydrogen-bond donors (Lipinski definition) is 3. The lowest BCUT2D eigenvalue weighted by molar-refractivity contribution is -0.161. The van der Waals surface area contributed by atoms with Crippen molar-refractivity contribution in [3.63, 3.8) is 0 Å². The predicted octanol–water partition coefficient (Wildman–Crippen LogP) is 10.2. The summed E-state index contributed by atoms with van der Waals surface area (Å²) < 4.78 is 38.4. The Balaban J connectivity index is 2.35. The molecule has 0 aromatic heterocycles. The van der Waals surface area contributed by atoms with Crippen molar-refractivity contribution in [3.8, 4) is 0 Å². The van der Waals surface area contributed by atoms with Gasteiger partial charge in [0.2, 0.25) is 0 Å². The van der Waals surface area contributed by atoms with Crippen molar-refractivity contribution in [2.45, 2.75) is 179 Å². The van der Waals surface area contributed by atoms with E-state index in [4.69, 9.17) is 29.6 Å². The first-order chi connectivity index (χ1) is 27.6. The average molecular weight is 824 g/mol. The van der Waals surface area contributed by atoms with E-state index in [1.807, 2.05) is 6.08 Å². The lowest BCUT2D eigenvalue weighted by atomic mass is 10.1. The summed E-state index contributed by atoms with van der Waals surface area (Å²) in [4.78, 5) is 46.0. The number of hydrogen-bond acceptors (Lipinski definition) is 10. The van der Waals surface area contributed by atoms with Gasteiger partial charge in [-0.25, -0.2) is 4.57 Å². The van der Waals surface area contributed by atoms with E-state index in [-0.39, 0.29) is 31.7 Å². The molecular formula is C44H74NO11P. The maximum absolute atomic E-state index is 12.6. The van der Waals surface area contributed by atoms with Crippen molar-refractivity contribution < 1.29 is 52.2 Å². The van der Waals surface area contributed by atoms with Crippen molar-refractivity contribution in [3.05, 3.63) is 60.8 Å². The highest BCUT2D eigenvalue weighted by molar-refractivity contribution is 7.47. The van der Waals surface area contributed by atoms with Crippen molar-refractivity contribution in [2.75, 3.05) is 19.8 Å². The van der Waals surface area contributed by atoms with Crippen LogP contribution in [0.5, 0.6) is 0 Å². The van der Waals surface area contributed by atoms with Crippen molar-refractivity contribution >= 4 is 25.7 Å². The summed E-state index contributed by atoms with van der Waals surface area (Å²) in [5, 5.41) is 8.89. The molecule has 13 heteroatoms. The molecule has 1 saturated heterocycles. The van der Waals surface area contributed by atoms with E-state index in [1.165, 1.54) is 38.5 Å². The van der Waals surface area contributed by atoms with Gasteiger partial charge in [0.15, 0.2) is 6.10 Å². The summed E-state index contributed by atoms with van der Waals surface area (Å²) >= 11 is 0. The summed E-state index contributed by atoms with van der Waals surface area (Å²) in [6.07, 6.45) is 41.7. The summed E-state index contributed by atoms with van der Waals surface area (Å²) in [6.45, 7) is 2.65. The summed E-state index contributed by atoms with van der Waals surface area (Å²) in [6, 6.07) is -1.54. The molecular weight excluding hydrogens is 749 g/mol. The topological polar surface area (TPSA) is 184 Å². The zero-order chi connectivity index (χ0) is 41.8. The third-order valence-electron chi connectivity index (χ3n) is 9.14. The van der Waals surface area contributed by atoms with Gasteiger partial charge in [0.1, 0.15) is 12.6 Å². The first-order valence-corrected chi connectivity index (χ1v) is 22.9. The van der Waals surface area contributed by atoms with Gasteiger partial charge in [-0.2, -0.15) is 0 Å². The number of nitrogens with two attached hydrogens (primary N) is 1. The molecule has 12 nitrogen and oxygen atoms in total. The Morgan fingerprint density at radius 2 is 1.11 bits per heavy atom. The first kappa shape index (κ1) is 52.2. The van der Waals surface area contributed by atoms with Gasteiger partial charge in [0.25, 0.3) is 0 Å². The van der Waals surface area contributed by atoms with Gasteiger partial charge in [-0.3, -0.25) is 23.4 Å². The second-order valence-corrected chi connectivity index (χ2v) is 16.0. The molecule has 4 N–H and O–H groups in total. The van der Waals surface area contributed by atoms with Gasteiger partial charge in [-0.15, -0.1) is 0 Å². The van der Waals surface area contributed by atoms with E-state index < -0.39 is 51.1 Å². The van der Waals surface area contributed by atoms with Crippen LogP contribution >= 0.6 is 7.82 Å². The van der Waals surface area contributed by atoms with Gasteiger partial charge in [0, 0.05) is 12.8 Å². The number of carbonyl (C=O) groups excluding carboxylic acids is 2. The van der Waals surface area contributed by atoms with E-state index in [0.29, 0.717) is 19.3 Å². The molecule has 0 saturated carbocycles. The molecule has 326 valence electrons. The average Bonchev–Trinajstić information content (AvgIpc) is 3.94. The smallest absolute Gasteiger partial charge is 0.472 e. The standard InChI is InChI=1S/C44H74NO11P/c1-3-5-7-9-11-13-14-15-16-17-18-20-22-24-30-34-43(47)55-38(36-53-57(50,51)54-37-39(45)44(48)49)35-52-42(46)33-29-26-25-28-32-41-40(56-41)31-27-23-21-19-12-10-8-6-4-2/h11-13,15-16,19,23,25,27-28,38-41H,3-10,14,17-18,20-22,24,26,29-37,45H2,1-2H3,(H,48,49)(H,50,51)/b13-11-,16-15-,19-12-,27-23-,28-25-/t38-,39+,40?,41?/m1/s1. The van der Waals surface area contributed by atoms with Crippen LogP contribution in [-0.4, -0.2) is 72.1 Å². The van der Waals surface area contributed by atoms with Crippen molar-refractivity contribution in [1.82, 2.24) is 0 Å². The molecule has 0 amide bonds. The summed E-state index contributed by atoms with van der Waals surface area (Å²) in [5.74, 6) is -2.49. The SMILES string of the molecule is CCCCC/C=C\C/C=C\CCCCCCCC(=O)O[C@H](COC(=O)CCC/C=C\CC1OC1C/C=C\C/C=C\CCCCC)COP(=O)(O)OC[C@H](N)C(=O)O. The quantitative estimate of drug-likeness (QED) is 0.0176. The summed E-state index contributed by atoms with van der Waals surface area (Å²) in [5.41, 5.74) is 5.33. The van der Waals surface area contributed by atoms with Crippen molar-refractivity contribution in [1.29, 1.82) is 0 Å². The number of carbonyl (C=O) groups is 3. The molecule has 1 rings (SSSR count). The minimum absolute atomic E-state index is 0.127. The van der Waals surface area contributed by atoms with Crippen LogP contribution in [0.1, 0.15) is 155 Å². The third kappa shape index (κ3) is 32.8. The highest BCUT2D eigenvalue weighted by Crippen LogP contribution is 2.43. The van der Waals surface area contributed by atoms with Crippen LogP contribution in [0.25, 0.3) is 0 Å². The van der Waals surface area contributed by atoms with Gasteiger partial charge in [0.05, 0.1) is 25.4 Å². The number of epoxide rings is 1. The third-order valence-corrected chi connectivity index (χ3v) is 10.1. The molecule has 1 fully saturated rings. The minimum atomic E-state index is -4.74. The molecule has 0 aromatic rings. The number of carboxylic acids is 1. The molecule has 57 heavy (non-hydrogen) atoms. The molecule has 0 spiro atoms. The van der Waals surface area contributed by atoms with Crippen molar-refractivity contribution in [2.24, 2.45) is 5.73 Å². The Labute approximate surface area is 343 Å². The van der Waals surface area contributed by atoms with Crippen LogP contribution in [0, 0.1) is 0 Å². The number of aliphatic carboxylic acids is 1. The number of ether oxygens (including phenoxy) is 3. The van der Waals surface area contributed by atoms with Crippen LogP contribution in [-0.2, 0) is 42.2 Å². The second kappa shape index (κ2) is 35.1. The minimum Gasteiger partial charge on any atom is -0.480 e. The van der Waals surface area contributed by atoms with E-state index in [0.717, 1.165) is 70.6 Å². The number of rotatable bonds is 38. The fourth-order valence-electron chi connectivity index (χ4n) is 5.60. The Morgan fingerprint density at radius 1 is 0.632 bits per heavy atom. The molecule has 5 atom stereocenters. The first-order valence-electron chi connectivity index (χ1n) is 21.4. The molecule has 1 aliphatic rings. The number of esters is 2. The van der Waals surface area contributed by atoms with Crippen LogP contribution in [0.3, 0.4) is 0 Å². The fraction of sp³-hybridized carbons (Fsp3) is 0.705. The maximum Gasteiger partial charge on any atom is 0.472 e. The van der Waals surface area contributed by atoms with Crippen LogP contribution < -0.4 is 5.73 Å². The molecule has 0 aliphatic carbocycles. The predicted molar refractivity (Wildman–Crippen MR) is 225 cm³/mol. The zero-order valence-corrected chi connectivity index (χ0v) is 35.7. The lowest BCUT2D eigenvalue weighted by Crippen LogP contribution is -2.34. The van der Waals surface area contributed by atoms with E-state index >= 15 is 0 Å². The molecule has 0 radical (unpaired) electrons. The fourth-order valence-corrected chi connectivity index (χ4v) is 6.38. The van der Waals surface area contributed by atoms with E-state index in [2.05, 4.69) is 73.1 Å². The number of unbranched alkanes of at least 4 members (excludes halogenated alkanes) is 12. The largest absolute Gasteiger partial charge is 0.480 e. The number of phosphoric ester groups is 1. The molecule has 1 aliphatic heterocycles. The molecule has 1 heterocycles. The van der Waals surface area contributed by atoms with Gasteiger partial charge < -0.3 is 29.9 Å². The number of carboxylic acid groups (broad SMARTS) is 1. The molecule has 3 unspecified atom stereocenters.